The molecule has 1 aromatic carbocycles. The second-order valence-corrected chi connectivity index (χ2v) is 8.09. The van der Waals surface area contributed by atoms with E-state index in [9.17, 15) is 4.79 Å². The van der Waals surface area contributed by atoms with E-state index in [4.69, 9.17) is 9.47 Å². The van der Waals surface area contributed by atoms with Crippen LogP contribution in [0.1, 0.15) is 42.0 Å². The zero-order valence-electron chi connectivity index (χ0n) is 19.3. The van der Waals surface area contributed by atoms with Gasteiger partial charge >= 0.3 is 0 Å². The molecule has 1 saturated heterocycles. The lowest BCUT2D eigenvalue weighted by Crippen LogP contribution is -2.40. The first kappa shape index (κ1) is 23.4. The van der Waals surface area contributed by atoms with E-state index < -0.39 is 0 Å². The predicted octanol–water partition coefficient (Wildman–Crippen LogP) is 3.74. The minimum absolute atomic E-state index is 0.140. The van der Waals surface area contributed by atoms with E-state index in [0.717, 1.165) is 42.5 Å². The lowest BCUT2D eigenvalue weighted by Gasteiger charge is -2.35. The van der Waals surface area contributed by atoms with E-state index in [-0.39, 0.29) is 11.9 Å². The van der Waals surface area contributed by atoms with Crippen molar-refractivity contribution in [3.8, 4) is 11.6 Å². The third-order valence-electron chi connectivity index (χ3n) is 5.75. The molecule has 176 valence electrons. The van der Waals surface area contributed by atoms with Crippen LogP contribution in [0, 0.1) is 0 Å². The summed E-state index contributed by atoms with van der Waals surface area (Å²) >= 11 is 0. The number of nitrogens with one attached hydrogen (secondary N) is 1. The molecule has 34 heavy (non-hydrogen) atoms. The van der Waals surface area contributed by atoms with E-state index in [0.29, 0.717) is 24.8 Å². The number of ether oxygens (including phenoxy) is 2. The van der Waals surface area contributed by atoms with Gasteiger partial charge in [0.05, 0.1) is 19.9 Å². The van der Waals surface area contributed by atoms with Crippen LogP contribution in [0.25, 0.3) is 0 Å². The molecule has 4 rings (SSSR count). The van der Waals surface area contributed by atoms with Gasteiger partial charge in [-0.05, 0) is 60.8 Å². The number of nitrogens with zero attached hydrogens (tertiary/aromatic N) is 4. The molecular formula is C26H29N5O3. The molecule has 0 bridgehead atoms. The number of aromatic nitrogens is 2. The third kappa shape index (κ3) is 6.39. The molecule has 8 heteroatoms. The van der Waals surface area contributed by atoms with Gasteiger partial charge in [0.2, 0.25) is 5.88 Å². The number of carbonyl (C=O) groups excluding carboxylic acids is 1. The number of amides is 1. The molecule has 2 aromatic heterocycles. The Morgan fingerprint density at radius 3 is 2.94 bits per heavy atom. The Bertz CT molecular complexity index is 1090. The second-order valence-electron chi connectivity index (χ2n) is 8.09. The number of carbonyl (C=O) groups is 1. The van der Waals surface area contributed by atoms with Gasteiger partial charge in [0.1, 0.15) is 12.4 Å². The highest BCUT2D eigenvalue weighted by Crippen LogP contribution is 2.30. The van der Waals surface area contributed by atoms with Crippen LogP contribution >= 0.6 is 0 Å². The standard InChI is InChI=1S/C26H29N5O3/c1-33-24-11-10-20(15-22(24)19-34-26-9-2-4-13-28-26)16-29-30-25(32)18-31-14-5-3-8-23(31)21-7-6-12-27-17-21/h2,4,6-7,9-13,15-17,23H,3,5,8,14,18-19H2,1H3,(H,30,32). The van der Waals surface area contributed by atoms with Gasteiger partial charge < -0.3 is 9.47 Å². The van der Waals surface area contributed by atoms with Crippen molar-refractivity contribution in [2.45, 2.75) is 31.9 Å². The first-order valence-electron chi connectivity index (χ1n) is 11.4. The fourth-order valence-electron chi connectivity index (χ4n) is 4.11. The number of likely N-dealkylation sites (tertiary alicyclic amines) is 1. The van der Waals surface area contributed by atoms with Gasteiger partial charge in [0.15, 0.2) is 0 Å². The number of benzene rings is 1. The summed E-state index contributed by atoms with van der Waals surface area (Å²) in [6.07, 6.45) is 10.2. The molecular weight excluding hydrogens is 430 g/mol. The minimum atomic E-state index is -0.140. The van der Waals surface area contributed by atoms with Crippen molar-refractivity contribution in [2.24, 2.45) is 5.10 Å². The Balaban J connectivity index is 1.34. The Morgan fingerprint density at radius 2 is 2.15 bits per heavy atom. The molecule has 1 aliphatic rings. The second kappa shape index (κ2) is 11.9. The van der Waals surface area contributed by atoms with E-state index in [2.05, 4.69) is 31.5 Å². The van der Waals surface area contributed by atoms with Gasteiger partial charge in [0.25, 0.3) is 5.91 Å². The molecule has 8 nitrogen and oxygen atoms in total. The van der Waals surface area contributed by atoms with Crippen LogP contribution in [0.5, 0.6) is 11.6 Å². The fraction of sp³-hybridized carbons (Fsp3) is 0.308. The number of piperidine rings is 1. The summed E-state index contributed by atoms with van der Waals surface area (Å²) in [5, 5.41) is 4.16. The van der Waals surface area contributed by atoms with Gasteiger partial charge in [-0.25, -0.2) is 10.4 Å². The first-order chi connectivity index (χ1) is 16.7. The average Bonchev–Trinajstić information content (AvgIpc) is 2.89. The SMILES string of the molecule is COc1ccc(C=NNC(=O)CN2CCCCC2c2cccnc2)cc1COc1ccccn1. The molecule has 1 fully saturated rings. The first-order valence-corrected chi connectivity index (χ1v) is 11.4. The summed E-state index contributed by atoms with van der Waals surface area (Å²) in [5.41, 5.74) is 5.49. The van der Waals surface area contributed by atoms with Crippen LogP contribution in [0.15, 0.2) is 72.2 Å². The Morgan fingerprint density at radius 1 is 1.21 bits per heavy atom. The van der Waals surface area contributed by atoms with Crippen molar-refractivity contribution in [2.75, 3.05) is 20.2 Å². The summed E-state index contributed by atoms with van der Waals surface area (Å²) in [4.78, 5) is 23.2. The van der Waals surface area contributed by atoms with E-state index in [1.165, 1.54) is 0 Å². The van der Waals surface area contributed by atoms with Crippen LogP contribution in [0.4, 0.5) is 0 Å². The average molecular weight is 460 g/mol. The maximum Gasteiger partial charge on any atom is 0.254 e. The van der Waals surface area contributed by atoms with Crippen molar-refractivity contribution in [1.82, 2.24) is 20.3 Å². The number of hydrogen-bond acceptors (Lipinski definition) is 7. The summed E-state index contributed by atoms with van der Waals surface area (Å²) in [7, 11) is 1.62. The van der Waals surface area contributed by atoms with Crippen LogP contribution in [-0.2, 0) is 11.4 Å². The predicted molar refractivity (Wildman–Crippen MR) is 130 cm³/mol. The van der Waals surface area contributed by atoms with Crippen LogP contribution in [0.3, 0.4) is 0 Å². The molecule has 1 atom stereocenters. The van der Waals surface area contributed by atoms with Crippen molar-refractivity contribution in [1.29, 1.82) is 0 Å². The maximum absolute atomic E-state index is 12.6. The number of pyridine rings is 2. The molecule has 0 saturated carbocycles. The Hall–Kier alpha value is -3.78. The largest absolute Gasteiger partial charge is 0.496 e. The fourth-order valence-corrected chi connectivity index (χ4v) is 4.11. The van der Waals surface area contributed by atoms with Crippen molar-refractivity contribution < 1.29 is 14.3 Å². The normalized spacial score (nSPS) is 16.3. The van der Waals surface area contributed by atoms with Crippen molar-refractivity contribution in [3.63, 3.8) is 0 Å². The molecule has 1 N–H and O–H groups in total. The molecule has 3 aromatic rings. The van der Waals surface area contributed by atoms with Crippen molar-refractivity contribution >= 4 is 12.1 Å². The molecule has 0 spiro atoms. The van der Waals surface area contributed by atoms with Gasteiger partial charge in [-0.15, -0.1) is 0 Å². The Labute approximate surface area is 199 Å². The number of rotatable bonds is 9. The third-order valence-corrected chi connectivity index (χ3v) is 5.75. The molecule has 3 heterocycles. The van der Waals surface area contributed by atoms with E-state index >= 15 is 0 Å². The smallest absolute Gasteiger partial charge is 0.254 e. The van der Waals surface area contributed by atoms with E-state index in [1.54, 1.807) is 31.8 Å². The van der Waals surface area contributed by atoms with Gasteiger partial charge in [-0.2, -0.15) is 5.10 Å². The van der Waals surface area contributed by atoms with Crippen molar-refractivity contribution in [3.05, 3.63) is 83.8 Å². The number of hydrogen-bond donors (Lipinski definition) is 1. The van der Waals surface area contributed by atoms with Crippen LogP contribution in [0.2, 0.25) is 0 Å². The maximum atomic E-state index is 12.6. The number of hydrazone groups is 1. The van der Waals surface area contributed by atoms with Crippen LogP contribution in [-0.4, -0.2) is 47.2 Å². The number of methoxy groups -OCH3 is 1. The molecule has 1 amide bonds. The lowest BCUT2D eigenvalue weighted by atomic mass is 9.96. The molecule has 0 radical (unpaired) electrons. The zero-order chi connectivity index (χ0) is 23.6. The Kier molecular flexibility index (Phi) is 8.18. The van der Waals surface area contributed by atoms with E-state index in [1.807, 2.05) is 42.6 Å². The lowest BCUT2D eigenvalue weighted by molar-refractivity contribution is -0.123. The monoisotopic (exact) mass is 459 g/mol. The van der Waals surface area contributed by atoms with Gasteiger partial charge in [-0.1, -0.05) is 18.6 Å². The summed E-state index contributed by atoms with van der Waals surface area (Å²) < 4.78 is 11.2. The quantitative estimate of drug-likeness (QED) is 0.387. The highest BCUT2D eigenvalue weighted by molar-refractivity contribution is 5.83. The molecule has 0 aliphatic carbocycles. The summed E-state index contributed by atoms with van der Waals surface area (Å²) in [6, 6.07) is 15.4. The summed E-state index contributed by atoms with van der Waals surface area (Å²) in [6.45, 7) is 1.48. The minimum Gasteiger partial charge on any atom is -0.496 e. The van der Waals surface area contributed by atoms with Gasteiger partial charge in [-0.3, -0.25) is 14.7 Å². The topological polar surface area (TPSA) is 88.9 Å². The highest BCUT2D eigenvalue weighted by atomic mass is 16.5. The summed E-state index contributed by atoms with van der Waals surface area (Å²) in [5.74, 6) is 1.11. The van der Waals surface area contributed by atoms with Gasteiger partial charge in [0, 0.05) is 36.3 Å². The molecule has 1 aliphatic heterocycles. The highest BCUT2D eigenvalue weighted by Gasteiger charge is 2.25. The molecule has 1 unspecified atom stereocenters. The zero-order valence-corrected chi connectivity index (χ0v) is 19.3. The van der Waals surface area contributed by atoms with Crippen LogP contribution < -0.4 is 14.9 Å².